The van der Waals surface area contributed by atoms with Crippen molar-refractivity contribution < 1.29 is 14.6 Å². The van der Waals surface area contributed by atoms with E-state index in [1.807, 2.05) is 45.0 Å². The van der Waals surface area contributed by atoms with Gasteiger partial charge in [-0.2, -0.15) is 0 Å². The smallest absolute Gasteiger partial charge is 0.304 e. The van der Waals surface area contributed by atoms with Crippen molar-refractivity contribution in [3.05, 3.63) is 29.8 Å². The monoisotopic (exact) mass is 222 g/mol. The Kier molecular flexibility index (Phi) is 3.93. The molecule has 0 amide bonds. The fourth-order valence-corrected chi connectivity index (χ4v) is 1.37. The second-order valence-electron chi connectivity index (χ2n) is 4.84. The zero-order valence-electron chi connectivity index (χ0n) is 9.99. The third-order valence-electron chi connectivity index (χ3n) is 2.28. The van der Waals surface area contributed by atoms with Crippen LogP contribution in [-0.2, 0) is 4.79 Å². The summed E-state index contributed by atoms with van der Waals surface area (Å²) in [5, 5.41) is 8.73. The van der Waals surface area contributed by atoms with E-state index in [9.17, 15) is 4.79 Å². The van der Waals surface area contributed by atoms with E-state index in [-0.39, 0.29) is 11.8 Å². The maximum absolute atomic E-state index is 10.6. The summed E-state index contributed by atoms with van der Waals surface area (Å²) in [6.07, 6.45) is 0.110. The van der Waals surface area contributed by atoms with Crippen molar-refractivity contribution in [2.45, 2.75) is 27.2 Å². The van der Waals surface area contributed by atoms with Crippen LogP contribution in [-0.4, -0.2) is 17.7 Å². The van der Waals surface area contributed by atoms with Crippen molar-refractivity contribution in [3.63, 3.8) is 0 Å². The summed E-state index contributed by atoms with van der Waals surface area (Å²) in [5.41, 5.74) is 0.827. The van der Waals surface area contributed by atoms with E-state index in [0.717, 1.165) is 5.75 Å². The molecular formula is C13H18O3. The summed E-state index contributed by atoms with van der Waals surface area (Å²) in [4.78, 5) is 10.6. The quantitative estimate of drug-likeness (QED) is 0.833. The molecule has 3 heteroatoms. The first-order chi connectivity index (χ1) is 7.39. The van der Waals surface area contributed by atoms with Crippen molar-refractivity contribution in [1.29, 1.82) is 0 Å². The summed E-state index contributed by atoms with van der Waals surface area (Å²) in [7, 11) is 0. The van der Waals surface area contributed by atoms with Gasteiger partial charge in [-0.05, 0) is 19.1 Å². The maximum atomic E-state index is 10.6. The molecule has 0 aliphatic rings. The molecule has 0 saturated carbocycles. The molecule has 0 aliphatic carbocycles. The highest BCUT2D eigenvalue weighted by atomic mass is 16.5. The zero-order valence-corrected chi connectivity index (χ0v) is 9.99. The van der Waals surface area contributed by atoms with Crippen LogP contribution in [0, 0.1) is 12.3 Å². The number of carboxylic acid groups (broad SMARTS) is 1. The first-order valence-electron chi connectivity index (χ1n) is 5.30. The molecule has 0 heterocycles. The minimum Gasteiger partial charge on any atom is -0.493 e. The van der Waals surface area contributed by atoms with Gasteiger partial charge in [0.25, 0.3) is 0 Å². The van der Waals surface area contributed by atoms with Crippen molar-refractivity contribution in [3.8, 4) is 5.75 Å². The minimum atomic E-state index is -0.794. The van der Waals surface area contributed by atoms with Crippen LogP contribution in [0.25, 0.3) is 0 Å². The number of carboxylic acids is 1. The Balaban J connectivity index is 2.50. The average molecular weight is 222 g/mol. The molecule has 16 heavy (non-hydrogen) atoms. The highest BCUT2D eigenvalue weighted by molar-refractivity contribution is 5.67. The number of hydrogen-bond acceptors (Lipinski definition) is 2. The molecule has 0 aromatic heterocycles. The van der Waals surface area contributed by atoms with Gasteiger partial charge in [-0.3, -0.25) is 4.79 Å². The van der Waals surface area contributed by atoms with Crippen molar-refractivity contribution in [2.75, 3.05) is 6.61 Å². The Labute approximate surface area is 96.1 Å². The van der Waals surface area contributed by atoms with Gasteiger partial charge in [-0.15, -0.1) is 0 Å². The predicted molar refractivity (Wildman–Crippen MR) is 62.7 cm³/mol. The molecule has 0 saturated heterocycles. The fraction of sp³-hybridized carbons (Fsp3) is 0.462. The van der Waals surface area contributed by atoms with Gasteiger partial charge in [0, 0.05) is 5.41 Å². The van der Waals surface area contributed by atoms with Gasteiger partial charge >= 0.3 is 5.97 Å². The average Bonchev–Trinajstić information content (AvgIpc) is 2.15. The summed E-state index contributed by atoms with van der Waals surface area (Å²) in [6, 6.07) is 7.73. The predicted octanol–water partition coefficient (Wildman–Crippen LogP) is 2.87. The number of ether oxygens (including phenoxy) is 1. The normalized spacial score (nSPS) is 11.2. The third-order valence-corrected chi connectivity index (χ3v) is 2.28. The third kappa shape index (κ3) is 4.34. The Hall–Kier alpha value is -1.51. The molecule has 0 radical (unpaired) electrons. The van der Waals surface area contributed by atoms with Gasteiger partial charge in [-0.1, -0.05) is 31.5 Å². The Morgan fingerprint density at radius 2 is 1.88 bits per heavy atom. The molecule has 0 aliphatic heterocycles. The molecule has 0 bridgehead atoms. The second-order valence-corrected chi connectivity index (χ2v) is 4.84. The van der Waals surface area contributed by atoms with Crippen LogP contribution in [0.2, 0.25) is 0 Å². The number of aryl methyl sites for hydroxylation is 1. The number of hydrogen-bond donors (Lipinski definition) is 1. The molecule has 1 aromatic rings. The molecule has 1 aromatic carbocycles. The second kappa shape index (κ2) is 5.01. The van der Waals surface area contributed by atoms with Crippen LogP contribution < -0.4 is 4.74 Å². The van der Waals surface area contributed by atoms with Crippen LogP contribution in [0.1, 0.15) is 25.8 Å². The summed E-state index contributed by atoms with van der Waals surface area (Å²) in [5.74, 6) is -0.0124. The lowest BCUT2D eigenvalue weighted by molar-refractivity contribution is -0.139. The topological polar surface area (TPSA) is 46.5 Å². The molecule has 0 spiro atoms. The molecule has 3 nitrogen and oxygen atoms in total. The van der Waals surface area contributed by atoms with E-state index in [0.29, 0.717) is 6.61 Å². The number of carbonyl (C=O) groups is 1. The van der Waals surface area contributed by atoms with Gasteiger partial charge in [0.1, 0.15) is 5.75 Å². The van der Waals surface area contributed by atoms with E-state index >= 15 is 0 Å². The van der Waals surface area contributed by atoms with Gasteiger partial charge in [0.15, 0.2) is 0 Å². The molecule has 1 rings (SSSR count). The van der Waals surface area contributed by atoms with Gasteiger partial charge in [-0.25, -0.2) is 0 Å². The molecule has 0 fully saturated rings. The van der Waals surface area contributed by atoms with E-state index in [4.69, 9.17) is 9.84 Å². The first kappa shape index (κ1) is 12.6. The van der Waals surface area contributed by atoms with Gasteiger partial charge < -0.3 is 9.84 Å². The lowest BCUT2D eigenvalue weighted by Gasteiger charge is -2.22. The van der Waals surface area contributed by atoms with Crippen molar-refractivity contribution in [1.82, 2.24) is 0 Å². The number of benzene rings is 1. The van der Waals surface area contributed by atoms with Crippen molar-refractivity contribution in [2.24, 2.45) is 5.41 Å². The summed E-state index contributed by atoms with van der Waals surface area (Å²) < 4.78 is 5.56. The Morgan fingerprint density at radius 3 is 2.38 bits per heavy atom. The first-order valence-corrected chi connectivity index (χ1v) is 5.30. The molecule has 0 unspecified atom stereocenters. The van der Waals surface area contributed by atoms with E-state index in [1.54, 1.807) is 0 Å². The lowest BCUT2D eigenvalue weighted by atomic mass is 9.91. The Bertz CT molecular complexity index is 352. The van der Waals surface area contributed by atoms with E-state index < -0.39 is 5.97 Å². The highest BCUT2D eigenvalue weighted by Crippen LogP contribution is 2.22. The van der Waals surface area contributed by atoms with Crippen LogP contribution in [0.15, 0.2) is 24.3 Å². The fourth-order valence-electron chi connectivity index (χ4n) is 1.37. The Morgan fingerprint density at radius 1 is 1.31 bits per heavy atom. The standard InChI is InChI=1S/C13H18O3/c1-10-4-6-11(7-5-10)16-9-13(2,3)8-12(14)15/h4-7H,8-9H2,1-3H3,(H,14,15). The van der Waals surface area contributed by atoms with E-state index in [1.165, 1.54) is 5.56 Å². The largest absolute Gasteiger partial charge is 0.493 e. The van der Waals surface area contributed by atoms with Crippen LogP contribution in [0.5, 0.6) is 5.75 Å². The number of aliphatic carboxylic acids is 1. The van der Waals surface area contributed by atoms with Crippen LogP contribution in [0.3, 0.4) is 0 Å². The zero-order chi connectivity index (χ0) is 12.2. The summed E-state index contributed by atoms with van der Waals surface area (Å²) >= 11 is 0. The van der Waals surface area contributed by atoms with Gasteiger partial charge in [0.05, 0.1) is 13.0 Å². The molecular weight excluding hydrogens is 204 g/mol. The van der Waals surface area contributed by atoms with E-state index in [2.05, 4.69) is 0 Å². The number of rotatable bonds is 5. The maximum Gasteiger partial charge on any atom is 0.304 e. The van der Waals surface area contributed by atoms with Crippen molar-refractivity contribution >= 4 is 5.97 Å². The lowest BCUT2D eigenvalue weighted by Crippen LogP contribution is -2.24. The SMILES string of the molecule is Cc1ccc(OCC(C)(C)CC(=O)O)cc1. The minimum absolute atomic E-state index is 0.110. The molecule has 0 atom stereocenters. The van der Waals surface area contributed by atoms with Gasteiger partial charge in [0.2, 0.25) is 0 Å². The summed E-state index contributed by atoms with van der Waals surface area (Å²) in [6.45, 7) is 6.19. The highest BCUT2D eigenvalue weighted by Gasteiger charge is 2.22. The molecule has 88 valence electrons. The molecule has 1 N–H and O–H groups in total. The van der Waals surface area contributed by atoms with Crippen LogP contribution in [0.4, 0.5) is 0 Å². The van der Waals surface area contributed by atoms with Crippen LogP contribution >= 0.6 is 0 Å².